The van der Waals surface area contributed by atoms with Crippen LogP contribution in [0.5, 0.6) is 0 Å². The molecule has 1 unspecified atom stereocenters. The number of hydrogen-bond donors (Lipinski definition) is 2. The summed E-state index contributed by atoms with van der Waals surface area (Å²) in [4.78, 5) is 11.2. The van der Waals surface area contributed by atoms with Crippen LogP contribution in [-0.2, 0) is 4.74 Å². The predicted molar refractivity (Wildman–Crippen MR) is 85.6 cm³/mol. The van der Waals surface area contributed by atoms with Crippen molar-refractivity contribution < 1.29 is 9.53 Å². The summed E-state index contributed by atoms with van der Waals surface area (Å²) < 4.78 is 4.60. The first-order valence-electron chi connectivity index (χ1n) is 6.99. The van der Waals surface area contributed by atoms with Crippen LogP contribution in [0.15, 0.2) is 54.6 Å². The second-order valence-corrected chi connectivity index (χ2v) is 4.71. The van der Waals surface area contributed by atoms with Crippen LogP contribution in [-0.4, -0.2) is 13.2 Å². The second-order valence-electron chi connectivity index (χ2n) is 4.71. The normalized spacial score (nSPS) is 11.5. The molecule has 0 bridgehead atoms. The number of nitrogens with one attached hydrogen (secondary N) is 2. The van der Waals surface area contributed by atoms with Gasteiger partial charge in [0.1, 0.15) is 0 Å². The van der Waals surface area contributed by atoms with Gasteiger partial charge < -0.3 is 10.1 Å². The molecule has 1 atom stereocenters. The molecule has 4 heteroatoms. The van der Waals surface area contributed by atoms with Gasteiger partial charge in [-0.3, -0.25) is 5.32 Å². The summed E-state index contributed by atoms with van der Waals surface area (Å²) in [6.07, 6.45) is 0.501. The van der Waals surface area contributed by atoms with Crippen molar-refractivity contribution in [3.8, 4) is 0 Å². The van der Waals surface area contributed by atoms with E-state index in [1.165, 1.54) is 12.7 Å². The first kappa shape index (κ1) is 14.9. The van der Waals surface area contributed by atoms with Gasteiger partial charge in [0.2, 0.25) is 0 Å². The third-order valence-corrected chi connectivity index (χ3v) is 3.25. The molecule has 0 saturated carbocycles. The first-order chi connectivity index (χ1) is 10.2. The van der Waals surface area contributed by atoms with Gasteiger partial charge in [0, 0.05) is 11.4 Å². The molecule has 2 N–H and O–H groups in total. The SMILES string of the molecule is CCC(Nc1cccc(NC(=O)OC)c1)c1ccccc1. The lowest BCUT2D eigenvalue weighted by Gasteiger charge is -2.19. The van der Waals surface area contributed by atoms with E-state index >= 15 is 0 Å². The van der Waals surface area contributed by atoms with Crippen LogP contribution in [0.3, 0.4) is 0 Å². The summed E-state index contributed by atoms with van der Waals surface area (Å²) in [5.41, 5.74) is 2.90. The lowest BCUT2D eigenvalue weighted by atomic mass is 10.0. The molecule has 2 aromatic rings. The Morgan fingerprint density at radius 3 is 2.48 bits per heavy atom. The molecule has 4 nitrogen and oxygen atoms in total. The maximum absolute atomic E-state index is 11.2. The molecule has 21 heavy (non-hydrogen) atoms. The Morgan fingerprint density at radius 2 is 1.81 bits per heavy atom. The molecule has 0 heterocycles. The highest BCUT2D eigenvalue weighted by molar-refractivity contribution is 5.85. The summed E-state index contributed by atoms with van der Waals surface area (Å²) in [5.74, 6) is 0. The van der Waals surface area contributed by atoms with E-state index < -0.39 is 6.09 Å². The lowest BCUT2D eigenvalue weighted by Crippen LogP contribution is -2.12. The van der Waals surface area contributed by atoms with Crippen molar-refractivity contribution in [1.29, 1.82) is 0 Å². The highest BCUT2D eigenvalue weighted by Crippen LogP contribution is 2.24. The topological polar surface area (TPSA) is 50.4 Å². The van der Waals surface area contributed by atoms with Gasteiger partial charge in [-0.25, -0.2) is 4.79 Å². The third-order valence-electron chi connectivity index (χ3n) is 3.25. The van der Waals surface area contributed by atoms with E-state index in [0.717, 1.165) is 12.1 Å². The first-order valence-corrected chi connectivity index (χ1v) is 6.99. The van der Waals surface area contributed by atoms with E-state index in [4.69, 9.17) is 0 Å². The highest BCUT2D eigenvalue weighted by atomic mass is 16.5. The minimum absolute atomic E-state index is 0.236. The zero-order chi connectivity index (χ0) is 15.1. The summed E-state index contributed by atoms with van der Waals surface area (Å²) in [5, 5.41) is 6.15. The van der Waals surface area contributed by atoms with Crippen molar-refractivity contribution in [2.45, 2.75) is 19.4 Å². The molecule has 1 amide bonds. The zero-order valence-corrected chi connectivity index (χ0v) is 12.3. The van der Waals surface area contributed by atoms with Crippen molar-refractivity contribution >= 4 is 17.5 Å². The quantitative estimate of drug-likeness (QED) is 0.854. The van der Waals surface area contributed by atoms with Gasteiger partial charge in [-0.2, -0.15) is 0 Å². The Bertz CT molecular complexity index is 584. The smallest absolute Gasteiger partial charge is 0.411 e. The fourth-order valence-electron chi connectivity index (χ4n) is 2.16. The molecule has 0 aliphatic heterocycles. The number of carbonyl (C=O) groups excluding carboxylic acids is 1. The number of benzene rings is 2. The van der Waals surface area contributed by atoms with Crippen LogP contribution in [0.4, 0.5) is 16.2 Å². The summed E-state index contributed by atoms with van der Waals surface area (Å²) >= 11 is 0. The molecule has 0 aliphatic rings. The number of amides is 1. The maximum atomic E-state index is 11.2. The predicted octanol–water partition coefficient (Wildman–Crippen LogP) is 4.43. The largest absolute Gasteiger partial charge is 0.453 e. The summed E-state index contributed by atoms with van der Waals surface area (Å²) in [6, 6.07) is 18.1. The number of anilines is 2. The van der Waals surface area contributed by atoms with E-state index in [-0.39, 0.29) is 6.04 Å². The second kappa shape index (κ2) is 7.33. The number of hydrogen-bond acceptors (Lipinski definition) is 3. The Kier molecular flexibility index (Phi) is 5.21. The molecule has 2 rings (SSSR count). The van der Waals surface area contributed by atoms with Gasteiger partial charge >= 0.3 is 6.09 Å². The molecule has 0 fully saturated rings. The van der Waals surface area contributed by atoms with Crippen molar-refractivity contribution in [2.24, 2.45) is 0 Å². The van der Waals surface area contributed by atoms with Crippen LogP contribution in [0.2, 0.25) is 0 Å². The van der Waals surface area contributed by atoms with E-state index in [1.807, 2.05) is 42.5 Å². The monoisotopic (exact) mass is 284 g/mol. The summed E-state index contributed by atoms with van der Waals surface area (Å²) in [7, 11) is 1.35. The Labute approximate surface area is 125 Å². The average Bonchev–Trinajstić information content (AvgIpc) is 2.53. The van der Waals surface area contributed by atoms with E-state index in [1.54, 1.807) is 0 Å². The minimum Gasteiger partial charge on any atom is -0.453 e. The highest BCUT2D eigenvalue weighted by Gasteiger charge is 2.09. The fourth-order valence-corrected chi connectivity index (χ4v) is 2.16. The molecular weight excluding hydrogens is 264 g/mol. The van der Waals surface area contributed by atoms with Crippen LogP contribution >= 0.6 is 0 Å². The molecule has 0 saturated heterocycles. The van der Waals surface area contributed by atoms with Gasteiger partial charge in [0.15, 0.2) is 0 Å². The van der Waals surface area contributed by atoms with Gasteiger partial charge in [0.05, 0.1) is 13.2 Å². The molecule has 0 aromatic heterocycles. The van der Waals surface area contributed by atoms with Gasteiger partial charge in [-0.15, -0.1) is 0 Å². The van der Waals surface area contributed by atoms with Crippen LogP contribution in [0, 0.1) is 0 Å². The maximum Gasteiger partial charge on any atom is 0.411 e. The van der Waals surface area contributed by atoms with Gasteiger partial charge in [-0.1, -0.05) is 43.3 Å². The van der Waals surface area contributed by atoms with E-state index in [0.29, 0.717) is 5.69 Å². The zero-order valence-electron chi connectivity index (χ0n) is 12.3. The summed E-state index contributed by atoms with van der Waals surface area (Å²) in [6.45, 7) is 2.14. The average molecular weight is 284 g/mol. The van der Waals surface area contributed by atoms with Crippen LogP contribution in [0.25, 0.3) is 0 Å². The number of ether oxygens (including phenoxy) is 1. The molecule has 0 radical (unpaired) electrons. The van der Waals surface area contributed by atoms with Crippen molar-refractivity contribution in [1.82, 2.24) is 0 Å². The van der Waals surface area contributed by atoms with Crippen LogP contribution < -0.4 is 10.6 Å². The van der Waals surface area contributed by atoms with Gasteiger partial charge in [-0.05, 0) is 30.2 Å². The molecule has 110 valence electrons. The van der Waals surface area contributed by atoms with Crippen molar-refractivity contribution in [3.05, 3.63) is 60.2 Å². The van der Waals surface area contributed by atoms with E-state index in [2.05, 4.69) is 34.4 Å². The standard InChI is InChI=1S/C17H20N2O2/c1-3-16(13-8-5-4-6-9-13)18-14-10-7-11-15(12-14)19-17(20)21-2/h4-12,16,18H,3H2,1-2H3,(H,19,20). The number of carbonyl (C=O) groups is 1. The minimum atomic E-state index is -0.470. The Morgan fingerprint density at radius 1 is 1.10 bits per heavy atom. The third kappa shape index (κ3) is 4.24. The lowest BCUT2D eigenvalue weighted by molar-refractivity contribution is 0.187. The molecule has 2 aromatic carbocycles. The number of methoxy groups -OCH3 is 1. The molecule has 0 aliphatic carbocycles. The van der Waals surface area contributed by atoms with Crippen molar-refractivity contribution in [2.75, 3.05) is 17.7 Å². The Balaban J connectivity index is 2.11. The molecular formula is C17H20N2O2. The molecule has 0 spiro atoms. The van der Waals surface area contributed by atoms with E-state index in [9.17, 15) is 4.79 Å². The van der Waals surface area contributed by atoms with Gasteiger partial charge in [0.25, 0.3) is 0 Å². The van der Waals surface area contributed by atoms with Crippen molar-refractivity contribution in [3.63, 3.8) is 0 Å². The Hall–Kier alpha value is -2.49. The van der Waals surface area contributed by atoms with Crippen LogP contribution in [0.1, 0.15) is 24.9 Å². The fraction of sp³-hybridized carbons (Fsp3) is 0.235. The number of rotatable bonds is 5.